The summed E-state index contributed by atoms with van der Waals surface area (Å²) in [4.78, 5) is 16.0. The molecule has 1 aliphatic rings. The van der Waals surface area contributed by atoms with Crippen LogP contribution in [-0.4, -0.2) is 43.7 Å². The normalized spacial score (nSPS) is 13.8. The molecule has 2 heterocycles. The summed E-state index contributed by atoms with van der Waals surface area (Å²) >= 11 is 0. The van der Waals surface area contributed by atoms with Gasteiger partial charge in [0, 0.05) is 12.5 Å². The molecular formula is C20H19F2N3O6S. The zero-order valence-electron chi connectivity index (χ0n) is 16.7. The van der Waals surface area contributed by atoms with Gasteiger partial charge in [-0.3, -0.25) is 9.36 Å². The van der Waals surface area contributed by atoms with E-state index >= 15 is 0 Å². The Morgan fingerprint density at radius 3 is 2.69 bits per heavy atom. The van der Waals surface area contributed by atoms with Gasteiger partial charge in [0.2, 0.25) is 10.0 Å². The molecule has 0 bridgehead atoms. The fourth-order valence-electron chi connectivity index (χ4n) is 3.16. The molecule has 1 N–H and O–H groups in total. The summed E-state index contributed by atoms with van der Waals surface area (Å²) in [6.07, 6.45) is 0.667. The highest BCUT2D eigenvalue weighted by Crippen LogP contribution is 2.31. The number of carbonyl (C=O) groups excluding carboxylic acids is 1. The predicted molar refractivity (Wildman–Crippen MR) is 108 cm³/mol. The van der Waals surface area contributed by atoms with E-state index in [0.29, 0.717) is 41.2 Å². The third-order valence-corrected chi connectivity index (χ3v) is 6.06. The van der Waals surface area contributed by atoms with Crippen molar-refractivity contribution in [2.24, 2.45) is 0 Å². The summed E-state index contributed by atoms with van der Waals surface area (Å²) < 4.78 is 70.5. The Morgan fingerprint density at radius 1 is 1.16 bits per heavy atom. The molecule has 170 valence electrons. The van der Waals surface area contributed by atoms with Crippen LogP contribution in [0.2, 0.25) is 0 Å². The van der Waals surface area contributed by atoms with Crippen LogP contribution in [0.4, 0.5) is 8.78 Å². The maximum atomic E-state index is 13.4. The number of alkyl halides is 2. The first kappa shape index (κ1) is 22.0. The average molecular weight is 467 g/mol. The minimum Gasteiger partial charge on any atom is -0.490 e. The fourth-order valence-corrected chi connectivity index (χ4v) is 4.14. The molecule has 32 heavy (non-hydrogen) atoms. The second-order valence-electron chi connectivity index (χ2n) is 6.81. The lowest BCUT2D eigenvalue weighted by atomic mass is 10.3. The topological polar surface area (TPSA) is 109 Å². The van der Waals surface area contributed by atoms with Gasteiger partial charge in [0.1, 0.15) is 13.2 Å². The van der Waals surface area contributed by atoms with Crippen LogP contribution in [0.25, 0.3) is 11.0 Å². The number of para-hydroxylation sites is 2. The Hall–Kier alpha value is -3.25. The first-order valence-electron chi connectivity index (χ1n) is 9.64. The monoisotopic (exact) mass is 467 g/mol. The molecule has 0 saturated carbocycles. The summed E-state index contributed by atoms with van der Waals surface area (Å²) in [6.45, 7) is -3.26. The van der Waals surface area contributed by atoms with Crippen molar-refractivity contribution in [2.75, 3.05) is 19.8 Å². The second kappa shape index (κ2) is 9.09. The molecule has 2 aromatic carbocycles. The number of nitrogens with zero attached hydrogens (tertiary/aromatic N) is 2. The van der Waals surface area contributed by atoms with Crippen molar-refractivity contribution in [3.8, 4) is 11.5 Å². The molecule has 1 aliphatic heterocycles. The third-order valence-electron chi connectivity index (χ3n) is 4.66. The van der Waals surface area contributed by atoms with Crippen LogP contribution in [0.3, 0.4) is 0 Å². The number of imidazole rings is 1. The fraction of sp³-hybridized carbons (Fsp3) is 0.300. The van der Waals surface area contributed by atoms with Gasteiger partial charge < -0.3 is 14.2 Å². The van der Waals surface area contributed by atoms with Gasteiger partial charge in [-0.1, -0.05) is 12.1 Å². The molecule has 0 aliphatic carbocycles. The third kappa shape index (κ3) is 4.65. The number of hydrogen-bond acceptors (Lipinski definition) is 7. The van der Waals surface area contributed by atoms with Gasteiger partial charge in [-0.15, -0.1) is 0 Å². The molecule has 0 atom stereocenters. The van der Waals surface area contributed by atoms with E-state index in [2.05, 4.69) is 9.71 Å². The highest BCUT2D eigenvalue weighted by atomic mass is 32.2. The summed E-state index contributed by atoms with van der Waals surface area (Å²) in [7, 11) is -4.05. The number of ether oxygens (including phenoxy) is 3. The zero-order chi connectivity index (χ0) is 22.7. The Labute approximate surface area is 182 Å². The Balaban J connectivity index is 1.39. The molecule has 0 fully saturated rings. The van der Waals surface area contributed by atoms with Gasteiger partial charge >= 0.3 is 12.5 Å². The quantitative estimate of drug-likeness (QED) is 0.532. The molecule has 0 saturated heterocycles. The van der Waals surface area contributed by atoms with Crippen LogP contribution >= 0.6 is 0 Å². The van der Waals surface area contributed by atoms with Gasteiger partial charge in [-0.05, 0) is 24.3 Å². The minimum absolute atomic E-state index is 0.117. The predicted octanol–water partition coefficient (Wildman–Crippen LogP) is 2.61. The number of rotatable bonds is 7. The van der Waals surface area contributed by atoms with Crippen LogP contribution in [0.15, 0.2) is 47.4 Å². The summed E-state index contributed by atoms with van der Waals surface area (Å²) in [6, 6.07) is 10.4. The van der Waals surface area contributed by atoms with Gasteiger partial charge in [-0.25, -0.2) is 13.4 Å². The van der Waals surface area contributed by atoms with Gasteiger partial charge in [-0.2, -0.15) is 13.5 Å². The first-order valence-corrected chi connectivity index (χ1v) is 11.1. The number of benzene rings is 2. The Bertz CT molecular complexity index is 1250. The SMILES string of the molecule is O=C(CNS(=O)(=O)c1ccc2c(c1)OCCCO2)OCc1nc2ccccc2n1C(F)F. The maximum Gasteiger partial charge on any atom is 0.321 e. The Kier molecular flexibility index (Phi) is 6.24. The van der Waals surface area contributed by atoms with E-state index in [4.69, 9.17) is 14.2 Å². The van der Waals surface area contributed by atoms with Crippen LogP contribution in [0, 0.1) is 0 Å². The largest absolute Gasteiger partial charge is 0.490 e. The molecular weight excluding hydrogens is 448 g/mol. The standard InChI is InChI=1S/C20H19F2N3O6S/c21-20(22)25-15-5-2-1-4-14(15)24-18(25)12-31-19(26)11-23-32(27,28)13-6-7-16-17(10-13)30-9-3-8-29-16/h1-2,4-7,10,20,23H,3,8-9,11-12H2. The zero-order valence-corrected chi connectivity index (χ0v) is 17.5. The van der Waals surface area contributed by atoms with Crippen molar-refractivity contribution in [3.05, 3.63) is 48.3 Å². The molecule has 9 nitrogen and oxygen atoms in total. The van der Waals surface area contributed by atoms with Gasteiger partial charge in [0.05, 0.1) is 29.1 Å². The van der Waals surface area contributed by atoms with Crippen molar-refractivity contribution in [3.63, 3.8) is 0 Å². The lowest BCUT2D eigenvalue weighted by molar-refractivity contribution is -0.144. The molecule has 4 rings (SSSR count). The highest BCUT2D eigenvalue weighted by Gasteiger charge is 2.22. The number of aromatic nitrogens is 2. The summed E-state index contributed by atoms with van der Waals surface area (Å²) in [5, 5.41) is 0. The number of carbonyl (C=O) groups is 1. The summed E-state index contributed by atoms with van der Waals surface area (Å²) in [5.41, 5.74) is 0.526. The Morgan fingerprint density at radius 2 is 1.91 bits per heavy atom. The number of hydrogen-bond donors (Lipinski definition) is 1. The van der Waals surface area contributed by atoms with Crippen molar-refractivity contribution in [1.82, 2.24) is 14.3 Å². The van der Waals surface area contributed by atoms with Crippen molar-refractivity contribution < 1.29 is 36.2 Å². The first-order chi connectivity index (χ1) is 15.3. The molecule has 0 amide bonds. The number of nitrogens with one attached hydrogen (secondary N) is 1. The van der Waals surface area contributed by atoms with Crippen molar-refractivity contribution in [2.45, 2.75) is 24.5 Å². The van der Waals surface area contributed by atoms with Crippen molar-refractivity contribution in [1.29, 1.82) is 0 Å². The second-order valence-corrected chi connectivity index (χ2v) is 8.58. The number of esters is 1. The van der Waals surface area contributed by atoms with Crippen LogP contribution in [-0.2, 0) is 26.2 Å². The van der Waals surface area contributed by atoms with E-state index < -0.39 is 35.7 Å². The molecule has 3 aromatic rings. The lowest BCUT2D eigenvalue weighted by Crippen LogP contribution is -2.30. The molecule has 12 heteroatoms. The smallest absolute Gasteiger partial charge is 0.321 e. The van der Waals surface area contributed by atoms with Crippen LogP contribution in [0.1, 0.15) is 18.8 Å². The van der Waals surface area contributed by atoms with E-state index in [1.165, 1.54) is 24.3 Å². The number of halogens is 2. The van der Waals surface area contributed by atoms with Gasteiger partial charge in [0.25, 0.3) is 0 Å². The van der Waals surface area contributed by atoms with E-state index in [0.717, 1.165) is 0 Å². The molecule has 1 aromatic heterocycles. The van der Waals surface area contributed by atoms with E-state index in [1.54, 1.807) is 18.2 Å². The minimum atomic E-state index is -4.05. The van der Waals surface area contributed by atoms with Crippen LogP contribution in [0.5, 0.6) is 11.5 Å². The van der Waals surface area contributed by atoms with Crippen LogP contribution < -0.4 is 14.2 Å². The van der Waals surface area contributed by atoms with E-state index in [-0.39, 0.29) is 16.2 Å². The van der Waals surface area contributed by atoms with Crippen molar-refractivity contribution >= 4 is 27.0 Å². The molecule has 0 radical (unpaired) electrons. The summed E-state index contributed by atoms with van der Waals surface area (Å²) in [5.74, 6) is -0.377. The van der Waals surface area contributed by atoms with Gasteiger partial charge in [0.15, 0.2) is 17.3 Å². The maximum absolute atomic E-state index is 13.4. The number of sulfonamides is 1. The lowest BCUT2D eigenvalue weighted by Gasteiger charge is -2.11. The molecule has 0 spiro atoms. The number of fused-ring (bicyclic) bond motifs is 2. The molecule has 0 unspecified atom stereocenters. The van der Waals surface area contributed by atoms with E-state index in [1.807, 2.05) is 0 Å². The van der Waals surface area contributed by atoms with E-state index in [9.17, 15) is 22.0 Å². The highest BCUT2D eigenvalue weighted by molar-refractivity contribution is 7.89. The average Bonchev–Trinajstić information content (AvgIpc) is 2.98.